The predicted molar refractivity (Wildman–Crippen MR) is 46.6 cm³/mol. The average molecular weight is 156 g/mol. The summed E-state index contributed by atoms with van der Waals surface area (Å²) in [5.41, 5.74) is 0. The number of aliphatic hydroxyl groups is 2. The van der Waals surface area contributed by atoms with Gasteiger partial charge in [0.2, 0.25) is 0 Å². The zero-order chi connectivity index (χ0) is 8.53. The van der Waals surface area contributed by atoms with Crippen LogP contribution in [0.1, 0.15) is 32.6 Å². The lowest BCUT2D eigenvalue weighted by atomic mass is 10.2. The van der Waals surface area contributed by atoms with Crippen LogP contribution < -0.4 is 0 Å². The van der Waals surface area contributed by atoms with Crippen molar-refractivity contribution in [1.29, 1.82) is 0 Å². The van der Waals surface area contributed by atoms with Gasteiger partial charge in [0.15, 0.2) is 0 Å². The zero-order valence-electron chi connectivity index (χ0n) is 6.95. The van der Waals surface area contributed by atoms with Crippen molar-refractivity contribution in [2.75, 3.05) is 0 Å². The Morgan fingerprint density at radius 3 is 2.55 bits per heavy atom. The molecule has 0 saturated carbocycles. The Balaban J connectivity index is 3.23. The van der Waals surface area contributed by atoms with Crippen molar-refractivity contribution in [3.63, 3.8) is 0 Å². The molecular formula is C9H16O2. The predicted octanol–water partition coefficient (Wildman–Crippen LogP) is 3.08. The molecule has 0 aromatic rings. The van der Waals surface area contributed by atoms with E-state index in [1.807, 2.05) is 6.08 Å². The van der Waals surface area contributed by atoms with Crippen molar-refractivity contribution >= 4 is 0 Å². The summed E-state index contributed by atoms with van der Waals surface area (Å²) in [6.07, 6.45) is 9.50. The SMILES string of the molecule is CCCCCC=CC=C(O)O. The van der Waals surface area contributed by atoms with Gasteiger partial charge in [-0.3, -0.25) is 0 Å². The molecule has 0 saturated heterocycles. The van der Waals surface area contributed by atoms with E-state index in [0.29, 0.717) is 0 Å². The largest absolute Gasteiger partial charge is 0.481 e. The summed E-state index contributed by atoms with van der Waals surface area (Å²) in [4.78, 5) is 0. The van der Waals surface area contributed by atoms with Gasteiger partial charge in [-0.05, 0) is 12.8 Å². The van der Waals surface area contributed by atoms with Crippen molar-refractivity contribution in [1.82, 2.24) is 0 Å². The first-order valence-electron chi connectivity index (χ1n) is 4.02. The molecule has 0 aliphatic rings. The molecule has 0 radical (unpaired) electrons. The minimum absolute atomic E-state index is 0.628. The molecule has 0 heterocycles. The molecule has 0 fully saturated rings. The third-order valence-electron chi connectivity index (χ3n) is 1.36. The molecular weight excluding hydrogens is 140 g/mol. The summed E-state index contributed by atoms with van der Waals surface area (Å²) in [6.45, 7) is 2.16. The van der Waals surface area contributed by atoms with Crippen LogP contribution in [0.2, 0.25) is 0 Å². The van der Waals surface area contributed by atoms with Crippen molar-refractivity contribution < 1.29 is 10.2 Å². The van der Waals surface area contributed by atoms with Gasteiger partial charge in [-0.25, -0.2) is 0 Å². The highest BCUT2D eigenvalue weighted by molar-refractivity contribution is 5.01. The van der Waals surface area contributed by atoms with Gasteiger partial charge in [0, 0.05) is 6.08 Å². The maximum Gasteiger partial charge on any atom is 0.274 e. The molecule has 64 valence electrons. The fourth-order valence-corrected chi connectivity index (χ4v) is 0.763. The molecule has 0 bridgehead atoms. The second-order valence-electron chi connectivity index (χ2n) is 2.45. The average Bonchev–Trinajstić information content (AvgIpc) is 1.96. The Labute approximate surface area is 67.9 Å². The van der Waals surface area contributed by atoms with E-state index in [9.17, 15) is 0 Å². The van der Waals surface area contributed by atoms with Gasteiger partial charge >= 0.3 is 0 Å². The Kier molecular flexibility index (Phi) is 6.59. The summed E-state index contributed by atoms with van der Waals surface area (Å²) < 4.78 is 0. The number of allylic oxidation sites excluding steroid dienone is 3. The van der Waals surface area contributed by atoms with E-state index in [0.717, 1.165) is 6.42 Å². The van der Waals surface area contributed by atoms with Crippen LogP contribution in [0.4, 0.5) is 0 Å². The summed E-state index contributed by atoms with van der Waals surface area (Å²) in [7, 11) is 0. The van der Waals surface area contributed by atoms with Gasteiger partial charge in [-0.15, -0.1) is 0 Å². The summed E-state index contributed by atoms with van der Waals surface area (Å²) in [5, 5.41) is 16.6. The van der Waals surface area contributed by atoms with Crippen LogP contribution in [-0.4, -0.2) is 10.2 Å². The van der Waals surface area contributed by atoms with E-state index in [1.54, 1.807) is 6.08 Å². The van der Waals surface area contributed by atoms with Gasteiger partial charge in [0.05, 0.1) is 0 Å². The van der Waals surface area contributed by atoms with Gasteiger partial charge in [-0.1, -0.05) is 31.9 Å². The molecule has 0 atom stereocenters. The quantitative estimate of drug-likeness (QED) is 0.365. The molecule has 0 unspecified atom stereocenters. The molecule has 0 aromatic heterocycles. The van der Waals surface area contributed by atoms with Gasteiger partial charge in [-0.2, -0.15) is 0 Å². The van der Waals surface area contributed by atoms with Gasteiger partial charge in [0.1, 0.15) is 0 Å². The normalized spacial score (nSPS) is 10.3. The van der Waals surface area contributed by atoms with Crippen LogP contribution in [0.3, 0.4) is 0 Å². The monoisotopic (exact) mass is 156 g/mol. The minimum atomic E-state index is -0.628. The zero-order valence-corrected chi connectivity index (χ0v) is 6.95. The lowest BCUT2D eigenvalue weighted by molar-refractivity contribution is 0.191. The van der Waals surface area contributed by atoms with Gasteiger partial charge < -0.3 is 10.2 Å². The van der Waals surface area contributed by atoms with Crippen LogP contribution in [0, 0.1) is 0 Å². The minimum Gasteiger partial charge on any atom is -0.481 e. The molecule has 2 N–H and O–H groups in total. The van der Waals surface area contributed by atoms with E-state index in [4.69, 9.17) is 10.2 Å². The first-order valence-corrected chi connectivity index (χ1v) is 4.02. The Bertz CT molecular complexity index is 132. The Hall–Kier alpha value is -0.920. The maximum absolute atomic E-state index is 8.32. The second kappa shape index (κ2) is 7.19. The fraction of sp³-hybridized carbons (Fsp3) is 0.556. The summed E-state index contributed by atoms with van der Waals surface area (Å²) >= 11 is 0. The molecule has 0 spiro atoms. The Morgan fingerprint density at radius 2 is 2.00 bits per heavy atom. The third-order valence-corrected chi connectivity index (χ3v) is 1.36. The van der Waals surface area contributed by atoms with Crippen molar-refractivity contribution in [2.24, 2.45) is 0 Å². The van der Waals surface area contributed by atoms with Crippen LogP contribution in [0.15, 0.2) is 24.2 Å². The number of unbranched alkanes of at least 4 members (excludes halogenated alkanes) is 3. The first-order chi connectivity index (χ1) is 5.27. The van der Waals surface area contributed by atoms with Crippen molar-refractivity contribution in [3.8, 4) is 0 Å². The second-order valence-corrected chi connectivity index (χ2v) is 2.45. The van der Waals surface area contributed by atoms with Crippen LogP contribution >= 0.6 is 0 Å². The van der Waals surface area contributed by atoms with Crippen LogP contribution in [0.5, 0.6) is 0 Å². The molecule has 0 amide bonds. The van der Waals surface area contributed by atoms with E-state index in [-0.39, 0.29) is 0 Å². The number of aliphatic hydroxyl groups excluding tert-OH is 1. The Morgan fingerprint density at radius 1 is 1.27 bits per heavy atom. The van der Waals surface area contributed by atoms with E-state index < -0.39 is 5.95 Å². The number of hydrogen-bond acceptors (Lipinski definition) is 2. The summed E-state index contributed by atoms with van der Waals surface area (Å²) in [6, 6.07) is 0. The molecule has 2 heteroatoms. The van der Waals surface area contributed by atoms with E-state index >= 15 is 0 Å². The third kappa shape index (κ3) is 9.08. The standard InChI is InChI=1S/C9H16O2/c1-2-3-4-5-6-7-8-9(10)11/h6-8,10-11H,2-5H2,1H3. The summed E-state index contributed by atoms with van der Waals surface area (Å²) in [5.74, 6) is -0.628. The van der Waals surface area contributed by atoms with Crippen LogP contribution in [0.25, 0.3) is 0 Å². The van der Waals surface area contributed by atoms with Gasteiger partial charge in [0.25, 0.3) is 5.95 Å². The van der Waals surface area contributed by atoms with E-state index in [1.165, 1.54) is 25.3 Å². The van der Waals surface area contributed by atoms with E-state index in [2.05, 4.69) is 6.92 Å². The number of hydrogen-bond donors (Lipinski definition) is 2. The molecule has 0 rings (SSSR count). The first kappa shape index (κ1) is 10.1. The van der Waals surface area contributed by atoms with Crippen molar-refractivity contribution in [2.45, 2.75) is 32.6 Å². The molecule has 11 heavy (non-hydrogen) atoms. The fourth-order valence-electron chi connectivity index (χ4n) is 0.763. The maximum atomic E-state index is 8.32. The highest BCUT2D eigenvalue weighted by Crippen LogP contribution is 1.99. The van der Waals surface area contributed by atoms with Crippen LogP contribution in [-0.2, 0) is 0 Å². The highest BCUT2D eigenvalue weighted by atomic mass is 16.5. The molecule has 2 nitrogen and oxygen atoms in total. The molecule has 0 aliphatic carbocycles. The molecule has 0 aliphatic heterocycles. The number of rotatable bonds is 5. The lowest BCUT2D eigenvalue weighted by Crippen LogP contribution is -1.72. The van der Waals surface area contributed by atoms with Crippen molar-refractivity contribution in [3.05, 3.63) is 24.2 Å². The smallest absolute Gasteiger partial charge is 0.274 e. The molecule has 0 aromatic carbocycles. The highest BCUT2D eigenvalue weighted by Gasteiger charge is 1.81. The lowest BCUT2D eigenvalue weighted by Gasteiger charge is -1.89. The topological polar surface area (TPSA) is 40.5 Å².